The van der Waals surface area contributed by atoms with E-state index in [-0.39, 0.29) is 0 Å². The predicted octanol–water partition coefficient (Wildman–Crippen LogP) is 3.13. The van der Waals surface area contributed by atoms with Gasteiger partial charge in [0.15, 0.2) is 0 Å². The van der Waals surface area contributed by atoms with Crippen LogP contribution >= 0.6 is 0 Å². The van der Waals surface area contributed by atoms with E-state index in [0.29, 0.717) is 0 Å². The Morgan fingerprint density at radius 1 is 1.21 bits per heavy atom. The molecule has 106 valence electrons. The van der Waals surface area contributed by atoms with Gasteiger partial charge < -0.3 is 15.4 Å². The Morgan fingerprint density at radius 3 is 2.63 bits per heavy atom. The van der Waals surface area contributed by atoms with E-state index in [1.807, 2.05) is 12.4 Å². The van der Waals surface area contributed by atoms with Crippen LogP contribution in [0, 0.1) is 5.92 Å². The van der Waals surface area contributed by atoms with Crippen LogP contribution in [0.15, 0.2) is 18.5 Å². The van der Waals surface area contributed by atoms with Crippen molar-refractivity contribution in [3.8, 4) is 0 Å². The third kappa shape index (κ3) is 5.92. The van der Waals surface area contributed by atoms with Crippen molar-refractivity contribution in [2.75, 3.05) is 36.9 Å². The smallest absolute Gasteiger partial charge is 0.0547 e. The number of rotatable bonds is 10. The second-order valence-corrected chi connectivity index (χ2v) is 5.19. The number of pyridine rings is 1. The summed E-state index contributed by atoms with van der Waals surface area (Å²) in [5, 5.41) is 6.72. The molecule has 19 heavy (non-hydrogen) atoms. The van der Waals surface area contributed by atoms with Crippen LogP contribution in [0.3, 0.4) is 0 Å². The molecule has 0 bridgehead atoms. The monoisotopic (exact) mass is 263 g/mol. The summed E-state index contributed by atoms with van der Waals surface area (Å²) in [5.74, 6) is 0.860. The summed E-state index contributed by atoms with van der Waals surface area (Å²) in [7, 11) is 0. The van der Waals surface area contributed by atoms with Crippen molar-refractivity contribution in [3.63, 3.8) is 0 Å². The molecule has 1 aliphatic rings. The third-order valence-corrected chi connectivity index (χ3v) is 3.16. The van der Waals surface area contributed by atoms with Crippen molar-refractivity contribution >= 4 is 11.4 Å². The number of nitrogens with one attached hydrogen (secondary N) is 2. The third-order valence-electron chi connectivity index (χ3n) is 3.16. The molecule has 1 aromatic rings. The summed E-state index contributed by atoms with van der Waals surface area (Å²) in [6, 6.07) is 2.10. The summed E-state index contributed by atoms with van der Waals surface area (Å²) in [6.45, 7) is 5.89. The molecule has 0 saturated heterocycles. The van der Waals surface area contributed by atoms with E-state index in [1.54, 1.807) is 0 Å². The van der Waals surface area contributed by atoms with Gasteiger partial charge in [-0.1, -0.05) is 6.92 Å². The summed E-state index contributed by atoms with van der Waals surface area (Å²) >= 11 is 0. The lowest BCUT2D eigenvalue weighted by Crippen LogP contribution is -2.07. The maximum atomic E-state index is 5.60. The number of ether oxygens (including phenoxy) is 1. The van der Waals surface area contributed by atoms with Gasteiger partial charge in [-0.3, -0.25) is 4.98 Å². The highest BCUT2D eigenvalue weighted by molar-refractivity contribution is 5.53. The Kier molecular flexibility index (Phi) is 5.95. The largest absolute Gasteiger partial charge is 0.384 e. The molecule has 4 heteroatoms. The van der Waals surface area contributed by atoms with Crippen LogP contribution in [0.5, 0.6) is 0 Å². The normalized spacial score (nSPS) is 14.4. The minimum Gasteiger partial charge on any atom is -0.384 e. The second-order valence-electron chi connectivity index (χ2n) is 5.19. The zero-order valence-electron chi connectivity index (χ0n) is 11.8. The maximum absolute atomic E-state index is 5.60. The highest BCUT2D eigenvalue weighted by Gasteiger charge is 2.20. The van der Waals surface area contributed by atoms with Gasteiger partial charge in [0.2, 0.25) is 0 Å². The zero-order valence-corrected chi connectivity index (χ0v) is 11.8. The van der Waals surface area contributed by atoms with Crippen LogP contribution in [0.25, 0.3) is 0 Å². The topological polar surface area (TPSA) is 46.2 Å². The van der Waals surface area contributed by atoms with E-state index < -0.39 is 0 Å². The van der Waals surface area contributed by atoms with Crippen molar-refractivity contribution in [3.05, 3.63) is 18.5 Å². The fourth-order valence-corrected chi connectivity index (χ4v) is 1.84. The fraction of sp³-hybridized carbons (Fsp3) is 0.667. The van der Waals surface area contributed by atoms with Gasteiger partial charge in [-0.2, -0.15) is 0 Å². The number of hydrogen-bond donors (Lipinski definition) is 2. The molecular formula is C15H25N3O. The highest BCUT2D eigenvalue weighted by atomic mass is 16.5. The van der Waals surface area contributed by atoms with Gasteiger partial charge in [0.1, 0.15) is 0 Å². The Morgan fingerprint density at radius 2 is 1.95 bits per heavy atom. The van der Waals surface area contributed by atoms with Crippen molar-refractivity contribution < 1.29 is 4.74 Å². The van der Waals surface area contributed by atoms with E-state index in [9.17, 15) is 0 Å². The van der Waals surface area contributed by atoms with Crippen LogP contribution in [-0.2, 0) is 4.74 Å². The minimum atomic E-state index is 0.852. The highest BCUT2D eigenvalue weighted by Crippen LogP contribution is 2.28. The Labute approximate surface area is 116 Å². The van der Waals surface area contributed by atoms with Crippen LogP contribution in [-0.4, -0.2) is 31.3 Å². The van der Waals surface area contributed by atoms with E-state index in [0.717, 1.165) is 56.4 Å². The molecule has 0 atom stereocenters. The number of aromatic nitrogens is 1. The molecule has 1 heterocycles. The zero-order chi connectivity index (χ0) is 13.3. The molecule has 1 saturated carbocycles. The molecule has 0 amide bonds. The summed E-state index contributed by atoms with van der Waals surface area (Å²) in [5.41, 5.74) is 2.15. The van der Waals surface area contributed by atoms with Gasteiger partial charge >= 0.3 is 0 Å². The van der Waals surface area contributed by atoms with Gasteiger partial charge in [0, 0.05) is 26.3 Å². The quantitative estimate of drug-likeness (QED) is 0.637. The maximum Gasteiger partial charge on any atom is 0.0547 e. The van der Waals surface area contributed by atoms with Crippen LogP contribution < -0.4 is 10.6 Å². The minimum absolute atomic E-state index is 0.852. The lowest BCUT2D eigenvalue weighted by molar-refractivity contribution is 0.124. The molecule has 1 aromatic heterocycles. The Hall–Kier alpha value is -1.29. The molecule has 1 aliphatic carbocycles. The number of hydrogen-bond acceptors (Lipinski definition) is 4. The fourth-order valence-electron chi connectivity index (χ4n) is 1.84. The molecule has 0 aromatic carbocycles. The van der Waals surface area contributed by atoms with Crippen molar-refractivity contribution in [1.29, 1.82) is 0 Å². The van der Waals surface area contributed by atoms with Gasteiger partial charge in [-0.25, -0.2) is 0 Å². The first-order valence-corrected chi connectivity index (χ1v) is 7.39. The molecule has 1 fully saturated rings. The van der Waals surface area contributed by atoms with E-state index in [4.69, 9.17) is 4.74 Å². The molecular weight excluding hydrogens is 238 g/mol. The molecule has 0 aliphatic heterocycles. The standard InChI is InChI=1S/C15H25N3O/c1-2-6-17-14-9-15(11-16-10-14)18-7-3-8-19-12-13-4-5-13/h9-11,13,17-18H,2-8,12H2,1H3. The summed E-state index contributed by atoms with van der Waals surface area (Å²) in [4.78, 5) is 4.23. The SMILES string of the molecule is CCCNc1cncc(NCCCOCC2CC2)c1. The first kappa shape index (κ1) is 14.1. The average molecular weight is 263 g/mol. The molecule has 0 spiro atoms. The van der Waals surface area contributed by atoms with E-state index in [2.05, 4.69) is 28.6 Å². The summed E-state index contributed by atoms with van der Waals surface area (Å²) in [6.07, 6.45) is 8.61. The molecule has 2 rings (SSSR count). The Bertz CT molecular complexity index is 366. The second kappa shape index (κ2) is 8.00. The van der Waals surface area contributed by atoms with E-state index >= 15 is 0 Å². The Balaban J connectivity index is 1.58. The van der Waals surface area contributed by atoms with Gasteiger partial charge in [-0.15, -0.1) is 0 Å². The van der Waals surface area contributed by atoms with Crippen molar-refractivity contribution in [1.82, 2.24) is 4.98 Å². The van der Waals surface area contributed by atoms with Gasteiger partial charge in [0.25, 0.3) is 0 Å². The lowest BCUT2D eigenvalue weighted by Gasteiger charge is -2.09. The molecule has 0 radical (unpaired) electrons. The number of anilines is 2. The van der Waals surface area contributed by atoms with Crippen molar-refractivity contribution in [2.24, 2.45) is 5.92 Å². The van der Waals surface area contributed by atoms with Crippen molar-refractivity contribution in [2.45, 2.75) is 32.6 Å². The first-order valence-electron chi connectivity index (χ1n) is 7.39. The van der Waals surface area contributed by atoms with Crippen LogP contribution in [0.4, 0.5) is 11.4 Å². The first-order chi connectivity index (χ1) is 9.38. The van der Waals surface area contributed by atoms with Crippen LogP contribution in [0.1, 0.15) is 32.6 Å². The molecule has 0 unspecified atom stereocenters. The number of nitrogens with zero attached hydrogens (tertiary/aromatic N) is 1. The summed E-state index contributed by atoms with van der Waals surface area (Å²) < 4.78 is 5.60. The molecule has 4 nitrogen and oxygen atoms in total. The predicted molar refractivity (Wildman–Crippen MR) is 79.7 cm³/mol. The van der Waals surface area contributed by atoms with Gasteiger partial charge in [0.05, 0.1) is 23.8 Å². The van der Waals surface area contributed by atoms with Gasteiger partial charge in [-0.05, 0) is 37.7 Å². The molecule has 2 N–H and O–H groups in total. The van der Waals surface area contributed by atoms with Crippen LogP contribution in [0.2, 0.25) is 0 Å². The van der Waals surface area contributed by atoms with E-state index in [1.165, 1.54) is 12.8 Å². The lowest BCUT2D eigenvalue weighted by atomic mass is 10.3. The average Bonchev–Trinajstić information content (AvgIpc) is 3.25.